The fourth-order valence-electron chi connectivity index (χ4n) is 5.36. The minimum absolute atomic E-state index is 0.0258. The smallest absolute Gasteiger partial charge is 0.302 e. The lowest BCUT2D eigenvalue weighted by molar-refractivity contribution is -0.147. The van der Waals surface area contributed by atoms with E-state index in [0.717, 1.165) is 19.4 Å². The first kappa shape index (κ1) is 26.9. The Hall–Kier alpha value is -1.35. The number of hydrogen-bond acceptors (Lipinski definition) is 3. The van der Waals surface area contributed by atoms with E-state index in [9.17, 15) is 4.79 Å². The fourth-order valence-corrected chi connectivity index (χ4v) is 5.36. The topological polar surface area (TPSA) is 29.5 Å². The van der Waals surface area contributed by atoms with Gasteiger partial charge in [-0.25, -0.2) is 0 Å². The van der Waals surface area contributed by atoms with Crippen LogP contribution < -0.4 is 0 Å². The summed E-state index contributed by atoms with van der Waals surface area (Å²) in [5.41, 5.74) is 1.35. The summed E-state index contributed by atoms with van der Waals surface area (Å²) in [6, 6.07) is 11.6. The molecule has 3 atom stereocenters. The monoisotopic (exact) mass is 443 g/mol. The molecule has 3 heteroatoms. The molecule has 0 unspecified atom stereocenters. The van der Waals surface area contributed by atoms with E-state index in [1.54, 1.807) is 6.92 Å². The van der Waals surface area contributed by atoms with Crippen LogP contribution in [0.1, 0.15) is 116 Å². The molecule has 32 heavy (non-hydrogen) atoms. The van der Waals surface area contributed by atoms with Crippen molar-refractivity contribution >= 4 is 5.97 Å². The van der Waals surface area contributed by atoms with Gasteiger partial charge in [-0.3, -0.25) is 9.69 Å². The number of carbonyl (C=O) groups excluding carboxylic acids is 1. The van der Waals surface area contributed by atoms with Gasteiger partial charge in [0.1, 0.15) is 6.10 Å². The molecule has 1 fully saturated rings. The lowest BCUT2D eigenvalue weighted by Gasteiger charge is -2.31. The SMILES string of the molecule is CCCCCCCCC[C@@H]1C[C@H](OC(C)=O)[C@H](Cc2ccccc2)N1CCCCCCC. The number of carbonyl (C=O) groups is 1. The standard InChI is InChI=1S/C29H49NO2/c1-4-6-8-10-11-12-17-21-27-24-29(32-25(3)31)28(23-26-19-15-14-16-20-26)30(27)22-18-13-9-7-5-2/h14-16,19-20,27-29H,4-13,17-18,21-24H2,1-3H3/t27-,28+,29+/m1/s1. The molecule has 0 aromatic heterocycles. The maximum Gasteiger partial charge on any atom is 0.302 e. The summed E-state index contributed by atoms with van der Waals surface area (Å²) >= 11 is 0. The quantitative estimate of drug-likeness (QED) is 0.182. The second kappa shape index (κ2) is 16.3. The highest BCUT2D eigenvalue weighted by atomic mass is 16.5. The highest BCUT2D eigenvalue weighted by Gasteiger charge is 2.42. The zero-order valence-electron chi connectivity index (χ0n) is 21.2. The number of nitrogens with zero attached hydrogens (tertiary/aromatic N) is 1. The first-order valence-electron chi connectivity index (χ1n) is 13.6. The Balaban J connectivity index is 1.98. The minimum atomic E-state index is -0.132. The summed E-state index contributed by atoms with van der Waals surface area (Å²) in [4.78, 5) is 14.6. The van der Waals surface area contributed by atoms with Gasteiger partial charge in [0.15, 0.2) is 0 Å². The van der Waals surface area contributed by atoms with Crippen LogP contribution in [0.4, 0.5) is 0 Å². The second-order valence-corrected chi connectivity index (χ2v) is 9.86. The van der Waals surface area contributed by atoms with Gasteiger partial charge in [0.25, 0.3) is 0 Å². The Morgan fingerprint density at radius 3 is 2.09 bits per heavy atom. The highest BCUT2D eigenvalue weighted by Crippen LogP contribution is 2.33. The Morgan fingerprint density at radius 2 is 1.47 bits per heavy atom. The lowest BCUT2D eigenvalue weighted by atomic mass is 10.0. The number of esters is 1. The van der Waals surface area contributed by atoms with Crippen LogP contribution in [0.5, 0.6) is 0 Å². The van der Waals surface area contributed by atoms with Crippen LogP contribution in [0.2, 0.25) is 0 Å². The van der Waals surface area contributed by atoms with E-state index in [0.29, 0.717) is 12.1 Å². The van der Waals surface area contributed by atoms with Crippen LogP contribution >= 0.6 is 0 Å². The van der Waals surface area contributed by atoms with E-state index < -0.39 is 0 Å². The Bertz CT molecular complexity index is 602. The Labute approximate surface area is 198 Å². The summed E-state index contributed by atoms with van der Waals surface area (Å²) in [5.74, 6) is -0.132. The first-order valence-corrected chi connectivity index (χ1v) is 13.6. The van der Waals surface area contributed by atoms with Crippen molar-refractivity contribution in [3.05, 3.63) is 35.9 Å². The molecule has 0 aliphatic carbocycles. The molecule has 1 aromatic rings. The molecule has 0 saturated carbocycles. The van der Waals surface area contributed by atoms with Crippen LogP contribution in [-0.4, -0.2) is 35.6 Å². The lowest BCUT2D eigenvalue weighted by Crippen LogP contribution is -2.42. The summed E-state index contributed by atoms with van der Waals surface area (Å²) in [7, 11) is 0. The summed E-state index contributed by atoms with van der Waals surface area (Å²) in [6.45, 7) is 7.26. The van der Waals surface area contributed by atoms with Crippen LogP contribution in [-0.2, 0) is 16.0 Å². The first-order chi connectivity index (χ1) is 15.7. The zero-order chi connectivity index (χ0) is 23.0. The van der Waals surface area contributed by atoms with Gasteiger partial charge in [0, 0.05) is 19.4 Å². The van der Waals surface area contributed by atoms with Gasteiger partial charge in [0.2, 0.25) is 0 Å². The van der Waals surface area contributed by atoms with Gasteiger partial charge in [-0.2, -0.15) is 0 Å². The molecule has 3 nitrogen and oxygen atoms in total. The molecule has 1 aliphatic heterocycles. The number of benzene rings is 1. The average Bonchev–Trinajstić information content (AvgIpc) is 3.09. The predicted molar refractivity (Wildman–Crippen MR) is 136 cm³/mol. The third-order valence-electron chi connectivity index (χ3n) is 7.09. The van der Waals surface area contributed by atoms with Gasteiger partial charge in [-0.05, 0) is 31.4 Å². The van der Waals surface area contributed by atoms with Crippen molar-refractivity contribution in [1.82, 2.24) is 4.90 Å². The van der Waals surface area contributed by atoms with Crippen LogP contribution in [0.15, 0.2) is 30.3 Å². The molecule has 0 amide bonds. The van der Waals surface area contributed by atoms with E-state index >= 15 is 0 Å². The van der Waals surface area contributed by atoms with Crippen LogP contribution in [0, 0.1) is 0 Å². The van der Waals surface area contributed by atoms with E-state index in [1.807, 2.05) is 0 Å². The van der Waals surface area contributed by atoms with E-state index in [4.69, 9.17) is 4.74 Å². The van der Waals surface area contributed by atoms with E-state index in [2.05, 4.69) is 49.1 Å². The largest absolute Gasteiger partial charge is 0.461 e. The highest BCUT2D eigenvalue weighted by molar-refractivity contribution is 5.66. The molecular weight excluding hydrogens is 394 g/mol. The molecule has 2 rings (SSSR count). The molecule has 182 valence electrons. The predicted octanol–water partition coefficient (Wildman–Crippen LogP) is 7.71. The average molecular weight is 444 g/mol. The van der Waals surface area contributed by atoms with Crippen LogP contribution in [0.3, 0.4) is 0 Å². The van der Waals surface area contributed by atoms with Crippen LogP contribution in [0.25, 0.3) is 0 Å². The van der Waals surface area contributed by atoms with Gasteiger partial charge >= 0.3 is 5.97 Å². The van der Waals surface area contributed by atoms with Gasteiger partial charge in [0.05, 0.1) is 6.04 Å². The Morgan fingerprint density at radius 1 is 0.875 bits per heavy atom. The van der Waals surface area contributed by atoms with E-state index in [-0.39, 0.29) is 12.1 Å². The minimum Gasteiger partial charge on any atom is -0.461 e. The number of likely N-dealkylation sites (tertiary alicyclic amines) is 1. The van der Waals surface area contributed by atoms with Gasteiger partial charge in [-0.1, -0.05) is 115 Å². The van der Waals surface area contributed by atoms with Crippen molar-refractivity contribution in [1.29, 1.82) is 0 Å². The summed E-state index contributed by atoms with van der Waals surface area (Å²) in [5, 5.41) is 0. The van der Waals surface area contributed by atoms with Crippen molar-refractivity contribution in [2.75, 3.05) is 6.54 Å². The molecular formula is C29H49NO2. The number of ether oxygens (including phenoxy) is 1. The maximum absolute atomic E-state index is 11.9. The normalized spacial score (nSPS) is 21.2. The van der Waals surface area contributed by atoms with Crippen molar-refractivity contribution < 1.29 is 9.53 Å². The van der Waals surface area contributed by atoms with Crippen molar-refractivity contribution in [3.63, 3.8) is 0 Å². The molecule has 1 aromatic carbocycles. The van der Waals surface area contributed by atoms with Crippen molar-refractivity contribution in [2.24, 2.45) is 0 Å². The van der Waals surface area contributed by atoms with Gasteiger partial charge < -0.3 is 4.74 Å². The zero-order valence-corrected chi connectivity index (χ0v) is 21.2. The third-order valence-corrected chi connectivity index (χ3v) is 7.09. The Kier molecular flexibility index (Phi) is 13.7. The maximum atomic E-state index is 11.9. The summed E-state index contributed by atoms with van der Waals surface area (Å²) in [6.07, 6.45) is 19.2. The molecule has 0 N–H and O–H groups in total. The van der Waals surface area contributed by atoms with Crippen molar-refractivity contribution in [2.45, 2.75) is 135 Å². The molecule has 0 radical (unpaired) electrons. The van der Waals surface area contributed by atoms with E-state index in [1.165, 1.54) is 89.0 Å². The molecule has 1 aliphatic rings. The molecule has 1 heterocycles. The summed E-state index contributed by atoms with van der Waals surface area (Å²) < 4.78 is 5.89. The number of hydrogen-bond donors (Lipinski definition) is 0. The van der Waals surface area contributed by atoms with Crippen molar-refractivity contribution in [3.8, 4) is 0 Å². The third kappa shape index (κ3) is 10.1. The second-order valence-electron chi connectivity index (χ2n) is 9.86. The number of unbranched alkanes of at least 4 members (excludes halogenated alkanes) is 10. The van der Waals surface area contributed by atoms with Gasteiger partial charge in [-0.15, -0.1) is 0 Å². The molecule has 0 spiro atoms. The number of rotatable bonds is 17. The fraction of sp³-hybridized carbons (Fsp3) is 0.759. The molecule has 1 saturated heterocycles. The molecule has 0 bridgehead atoms.